The second-order valence-corrected chi connectivity index (χ2v) is 3.57. The van der Waals surface area contributed by atoms with E-state index in [2.05, 4.69) is 16.0 Å². The predicted molar refractivity (Wildman–Crippen MR) is 62.0 cm³/mol. The molecular weight excluding hydrogens is 190 g/mol. The lowest BCUT2D eigenvalue weighted by Crippen LogP contribution is -2.24. The van der Waals surface area contributed by atoms with Crippen LogP contribution >= 0.6 is 0 Å². The largest absolute Gasteiger partial charge is 0.383 e. The van der Waals surface area contributed by atoms with Gasteiger partial charge in [-0.3, -0.25) is 4.98 Å². The number of pyridine rings is 1. The standard InChI is InChI=1S/C11H19N3O/c1-9-6-11(10(7-12)8-13-9)14(2)4-5-15-3/h6,8H,4-5,7,12H2,1-3H3. The van der Waals surface area contributed by atoms with E-state index in [1.54, 1.807) is 7.11 Å². The summed E-state index contributed by atoms with van der Waals surface area (Å²) in [5, 5.41) is 0. The fourth-order valence-corrected chi connectivity index (χ4v) is 1.43. The van der Waals surface area contributed by atoms with Gasteiger partial charge in [-0.2, -0.15) is 0 Å². The number of aromatic nitrogens is 1. The van der Waals surface area contributed by atoms with Crippen LogP contribution in [0.1, 0.15) is 11.3 Å². The zero-order valence-electron chi connectivity index (χ0n) is 9.66. The van der Waals surface area contributed by atoms with Gasteiger partial charge in [0.15, 0.2) is 0 Å². The molecule has 0 amide bonds. The Labute approximate surface area is 91.1 Å². The highest BCUT2D eigenvalue weighted by molar-refractivity contribution is 5.52. The van der Waals surface area contributed by atoms with Gasteiger partial charge in [0.05, 0.1) is 6.61 Å². The molecule has 0 spiro atoms. The number of anilines is 1. The quantitative estimate of drug-likeness (QED) is 0.784. The molecule has 0 atom stereocenters. The van der Waals surface area contributed by atoms with Crippen molar-refractivity contribution in [2.75, 3.05) is 32.2 Å². The van der Waals surface area contributed by atoms with Crippen molar-refractivity contribution in [2.24, 2.45) is 5.73 Å². The van der Waals surface area contributed by atoms with Gasteiger partial charge in [-0.15, -0.1) is 0 Å². The highest BCUT2D eigenvalue weighted by Crippen LogP contribution is 2.18. The van der Waals surface area contributed by atoms with E-state index in [1.807, 2.05) is 20.2 Å². The van der Waals surface area contributed by atoms with E-state index in [1.165, 1.54) is 0 Å². The van der Waals surface area contributed by atoms with E-state index in [4.69, 9.17) is 10.5 Å². The van der Waals surface area contributed by atoms with Gasteiger partial charge in [-0.1, -0.05) is 0 Å². The van der Waals surface area contributed by atoms with Crippen molar-refractivity contribution in [3.8, 4) is 0 Å². The van der Waals surface area contributed by atoms with Gasteiger partial charge >= 0.3 is 0 Å². The van der Waals surface area contributed by atoms with E-state index < -0.39 is 0 Å². The fourth-order valence-electron chi connectivity index (χ4n) is 1.43. The predicted octanol–water partition coefficient (Wildman–Crippen LogP) is 0.931. The first kappa shape index (κ1) is 11.9. The molecule has 1 aromatic heterocycles. The van der Waals surface area contributed by atoms with Crippen LogP contribution in [0.15, 0.2) is 12.3 Å². The molecule has 1 rings (SSSR count). The summed E-state index contributed by atoms with van der Waals surface area (Å²) in [6, 6.07) is 2.05. The topological polar surface area (TPSA) is 51.4 Å². The zero-order chi connectivity index (χ0) is 11.3. The lowest BCUT2D eigenvalue weighted by Gasteiger charge is -2.21. The van der Waals surface area contributed by atoms with Crippen molar-refractivity contribution >= 4 is 5.69 Å². The molecule has 4 heteroatoms. The number of rotatable bonds is 5. The number of aryl methyl sites for hydroxylation is 1. The van der Waals surface area contributed by atoms with Gasteiger partial charge < -0.3 is 15.4 Å². The van der Waals surface area contributed by atoms with Crippen molar-refractivity contribution in [3.63, 3.8) is 0 Å². The summed E-state index contributed by atoms with van der Waals surface area (Å²) in [4.78, 5) is 6.37. The molecule has 2 N–H and O–H groups in total. The molecule has 15 heavy (non-hydrogen) atoms. The van der Waals surface area contributed by atoms with Gasteiger partial charge in [0, 0.05) is 50.4 Å². The van der Waals surface area contributed by atoms with Crippen molar-refractivity contribution in [2.45, 2.75) is 13.5 Å². The Bertz CT molecular complexity index is 315. The molecule has 1 aromatic rings. The molecule has 0 aliphatic carbocycles. The molecule has 1 heterocycles. The van der Waals surface area contributed by atoms with Crippen molar-refractivity contribution in [1.82, 2.24) is 4.98 Å². The highest BCUT2D eigenvalue weighted by Gasteiger charge is 2.06. The minimum absolute atomic E-state index is 0.514. The molecule has 0 saturated carbocycles. The Hall–Kier alpha value is -1.13. The van der Waals surface area contributed by atoms with Crippen molar-refractivity contribution in [1.29, 1.82) is 0 Å². The number of likely N-dealkylation sites (N-methyl/N-ethyl adjacent to an activating group) is 1. The third kappa shape index (κ3) is 3.18. The summed E-state index contributed by atoms with van der Waals surface area (Å²) in [5.74, 6) is 0. The highest BCUT2D eigenvalue weighted by atomic mass is 16.5. The van der Waals surface area contributed by atoms with Gasteiger partial charge in [0.25, 0.3) is 0 Å². The molecule has 0 aromatic carbocycles. The van der Waals surface area contributed by atoms with Gasteiger partial charge in [-0.25, -0.2) is 0 Å². The molecule has 0 radical (unpaired) electrons. The maximum atomic E-state index is 5.67. The zero-order valence-corrected chi connectivity index (χ0v) is 9.66. The molecule has 4 nitrogen and oxygen atoms in total. The van der Waals surface area contributed by atoms with Crippen LogP contribution in [0.2, 0.25) is 0 Å². The van der Waals surface area contributed by atoms with E-state index in [0.29, 0.717) is 13.2 Å². The Morgan fingerprint density at radius 3 is 2.87 bits per heavy atom. The number of methoxy groups -OCH3 is 1. The number of hydrogen-bond donors (Lipinski definition) is 1. The molecule has 0 aliphatic rings. The maximum absolute atomic E-state index is 5.67. The molecule has 0 unspecified atom stereocenters. The maximum Gasteiger partial charge on any atom is 0.0637 e. The smallest absolute Gasteiger partial charge is 0.0637 e. The fraction of sp³-hybridized carbons (Fsp3) is 0.545. The van der Waals surface area contributed by atoms with Crippen LogP contribution in [0.4, 0.5) is 5.69 Å². The average Bonchev–Trinajstić information content (AvgIpc) is 2.25. The van der Waals surface area contributed by atoms with Crippen molar-refractivity contribution in [3.05, 3.63) is 23.5 Å². The van der Waals surface area contributed by atoms with Crippen LogP contribution in [-0.2, 0) is 11.3 Å². The van der Waals surface area contributed by atoms with Gasteiger partial charge in [-0.05, 0) is 13.0 Å². The Morgan fingerprint density at radius 2 is 2.27 bits per heavy atom. The second-order valence-electron chi connectivity index (χ2n) is 3.57. The lowest BCUT2D eigenvalue weighted by molar-refractivity contribution is 0.206. The summed E-state index contributed by atoms with van der Waals surface area (Å²) < 4.78 is 5.05. The molecule has 0 saturated heterocycles. The van der Waals surface area contributed by atoms with E-state index in [9.17, 15) is 0 Å². The summed E-state index contributed by atoms with van der Waals surface area (Å²) in [7, 11) is 3.74. The number of hydrogen-bond acceptors (Lipinski definition) is 4. The molecule has 84 valence electrons. The van der Waals surface area contributed by atoms with Crippen LogP contribution in [0.3, 0.4) is 0 Å². The average molecular weight is 209 g/mol. The van der Waals surface area contributed by atoms with E-state index >= 15 is 0 Å². The van der Waals surface area contributed by atoms with Crippen LogP contribution in [0, 0.1) is 6.92 Å². The first-order valence-electron chi connectivity index (χ1n) is 5.04. The summed E-state index contributed by atoms with van der Waals surface area (Å²) >= 11 is 0. The Kier molecular flexibility index (Phi) is 4.52. The van der Waals surface area contributed by atoms with Gasteiger partial charge in [0.2, 0.25) is 0 Å². The monoisotopic (exact) mass is 209 g/mol. The lowest BCUT2D eigenvalue weighted by atomic mass is 10.2. The summed E-state index contributed by atoms with van der Waals surface area (Å²) in [5.41, 5.74) is 8.88. The summed E-state index contributed by atoms with van der Waals surface area (Å²) in [6.07, 6.45) is 1.84. The minimum Gasteiger partial charge on any atom is -0.383 e. The molecule has 0 fully saturated rings. The second kappa shape index (κ2) is 5.68. The first-order chi connectivity index (χ1) is 7.19. The van der Waals surface area contributed by atoms with Crippen molar-refractivity contribution < 1.29 is 4.74 Å². The number of nitrogens with two attached hydrogens (primary N) is 1. The third-order valence-corrected chi connectivity index (χ3v) is 2.36. The van der Waals surface area contributed by atoms with E-state index in [0.717, 1.165) is 23.5 Å². The number of nitrogens with zero attached hydrogens (tertiary/aromatic N) is 2. The minimum atomic E-state index is 0.514. The SMILES string of the molecule is COCCN(C)c1cc(C)ncc1CN. The molecular formula is C11H19N3O. The Morgan fingerprint density at radius 1 is 1.53 bits per heavy atom. The summed E-state index contributed by atoms with van der Waals surface area (Å²) in [6.45, 7) is 4.06. The van der Waals surface area contributed by atoms with Crippen LogP contribution < -0.4 is 10.6 Å². The molecule has 0 bridgehead atoms. The van der Waals surface area contributed by atoms with E-state index in [-0.39, 0.29) is 0 Å². The van der Waals surface area contributed by atoms with Crippen LogP contribution in [0.5, 0.6) is 0 Å². The van der Waals surface area contributed by atoms with Crippen LogP contribution in [-0.4, -0.2) is 32.3 Å². The van der Waals surface area contributed by atoms with Crippen LogP contribution in [0.25, 0.3) is 0 Å². The normalized spacial score (nSPS) is 10.4. The first-order valence-corrected chi connectivity index (χ1v) is 5.04. The van der Waals surface area contributed by atoms with Gasteiger partial charge in [0.1, 0.15) is 0 Å². The Balaban J connectivity index is 2.85. The third-order valence-electron chi connectivity index (χ3n) is 2.36. The number of ether oxygens (including phenoxy) is 1. The molecule has 0 aliphatic heterocycles.